The van der Waals surface area contributed by atoms with Crippen LogP contribution in [0.15, 0.2) is 12.7 Å². The summed E-state index contributed by atoms with van der Waals surface area (Å²) in [5.41, 5.74) is -13.3. The summed E-state index contributed by atoms with van der Waals surface area (Å²) in [6, 6.07) is 0. The summed E-state index contributed by atoms with van der Waals surface area (Å²) in [6.45, 7) is 1.91. The quantitative estimate of drug-likeness (QED) is 0.524. The second-order valence-corrected chi connectivity index (χ2v) is 3.53. The molecule has 0 aromatic rings. The van der Waals surface area contributed by atoms with E-state index >= 15 is 0 Å². The molecule has 20 heavy (non-hydrogen) atoms. The first-order chi connectivity index (χ1) is 8.47. The third-order valence-electron chi connectivity index (χ3n) is 2.26. The predicted octanol–water partition coefficient (Wildman–Crippen LogP) is 4.61. The zero-order valence-electron chi connectivity index (χ0n) is 8.90. The Hall–Kier alpha value is -1.10. The third-order valence-corrected chi connectivity index (χ3v) is 2.26. The van der Waals surface area contributed by atoms with E-state index in [0.29, 0.717) is 0 Å². The van der Waals surface area contributed by atoms with Gasteiger partial charge in [0.15, 0.2) is 0 Å². The van der Waals surface area contributed by atoms with Gasteiger partial charge in [0.05, 0.1) is 0 Å². The van der Waals surface area contributed by atoms with E-state index in [1.54, 1.807) is 0 Å². The van der Waals surface area contributed by atoms with Crippen LogP contribution >= 0.6 is 0 Å². The maximum Gasteiger partial charge on any atom is 0.435 e. The Labute approximate surface area is 103 Å². The van der Waals surface area contributed by atoms with Crippen LogP contribution in [0.25, 0.3) is 0 Å². The van der Waals surface area contributed by atoms with E-state index in [9.17, 15) is 52.7 Å². The largest absolute Gasteiger partial charge is 0.435 e. The van der Waals surface area contributed by atoms with Crippen LogP contribution < -0.4 is 0 Å². The van der Waals surface area contributed by atoms with E-state index in [0.717, 1.165) is 0 Å². The van der Waals surface area contributed by atoms with Crippen molar-refractivity contribution in [3.8, 4) is 0 Å². The first-order valence-corrected chi connectivity index (χ1v) is 4.32. The molecule has 0 N–H and O–H groups in total. The molecule has 120 valence electrons. The Morgan fingerprint density at radius 2 is 1.00 bits per heavy atom. The zero-order valence-corrected chi connectivity index (χ0v) is 8.90. The molecule has 0 rings (SSSR count). The fourth-order valence-electron chi connectivity index (χ4n) is 1.25. The van der Waals surface area contributed by atoms with Crippen molar-refractivity contribution in [2.45, 2.75) is 36.0 Å². The van der Waals surface area contributed by atoms with Gasteiger partial charge in [-0.3, -0.25) is 0 Å². The Morgan fingerprint density at radius 1 is 0.700 bits per heavy atom. The number of rotatable bonds is 3. The van der Waals surface area contributed by atoms with Gasteiger partial charge in [0.25, 0.3) is 0 Å². The van der Waals surface area contributed by atoms with Crippen LogP contribution in [0.5, 0.6) is 0 Å². The Kier molecular flexibility index (Phi) is 4.46. The van der Waals surface area contributed by atoms with Gasteiger partial charge in [0.2, 0.25) is 11.8 Å². The minimum Gasteiger partial charge on any atom is -0.233 e. The maximum absolute atomic E-state index is 13.4. The molecule has 0 nitrogen and oxygen atoms in total. The number of hydrogen-bond donors (Lipinski definition) is 0. The van der Waals surface area contributed by atoms with Gasteiger partial charge < -0.3 is 0 Å². The van der Waals surface area contributed by atoms with Gasteiger partial charge in [0, 0.05) is 0 Å². The van der Waals surface area contributed by atoms with Crippen LogP contribution in [0.1, 0.15) is 0 Å². The van der Waals surface area contributed by atoms with Gasteiger partial charge in [0.1, 0.15) is 0 Å². The van der Waals surface area contributed by atoms with Crippen molar-refractivity contribution in [2.75, 3.05) is 0 Å². The molecule has 2 atom stereocenters. The van der Waals surface area contributed by atoms with Crippen LogP contribution in [-0.2, 0) is 0 Å². The highest BCUT2D eigenvalue weighted by atomic mass is 19.4. The lowest BCUT2D eigenvalue weighted by Gasteiger charge is -2.41. The van der Waals surface area contributed by atoms with Crippen molar-refractivity contribution in [1.82, 2.24) is 0 Å². The third kappa shape index (κ3) is 2.55. The maximum atomic E-state index is 13.4. The summed E-state index contributed by atoms with van der Waals surface area (Å²) in [5.74, 6) is 0. The van der Waals surface area contributed by atoms with E-state index in [-0.39, 0.29) is 0 Å². The highest BCUT2D eigenvalue weighted by Gasteiger charge is 2.86. The van der Waals surface area contributed by atoms with E-state index in [2.05, 4.69) is 0 Å². The monoisotopic (exact) mass is 328 g/mol. The fraction of sp³-hybridized carbons (Fsp3) is 0.750. The van der Waals surface area contributed by atoms with E-state index in [1.165, 1.54) is 0 Å². The lowest BCUT2D eigenvalue weighted by atomic mass is 9.80. The van der Waals surface area contributed by atoms with Gasteiger partial charge in [-0.15, -0.1) is 0 Å². The Balaban J connectivity index is 6.36. The average Bonchev–Trinajstić information content (AvgIpc) is 2.21. The number of alkyl halides is 12. The summed E-state index contributed by atoms with van der Waals surface area (Å²) < 4.78 is 148. The minimum absolute atomic E-state index is 1.34. The summed E-state index contributed by atoms with van der Waals surface area (Å²) >= 11 is 0. The summed E-state index contributed by atoms with van der Waals surface area (Å²) in [7, 11) is 0. The van der Waals surface area contributed by atoms with Crippen molar-refractivity contribution in [1.29, 1.82) is 0 Å². The second kappa shape index (κ2) is 4.72. The molecule has 2 unspecified atom stereocenters. The van der Waals surface area contributed by atoms with Crippen LogP contribution in [0.4, 0.5) is 52.7 Å². The molecule has 0 heterocycles. The fourth-order valence-corrected chi connectivity index (χ4v) is 1.25. The van der Waals surface area contributed by atoms with Gasteiger partial charge in [-0.25, -0.2) is 13.2 Å². The number of halogens is 12. The standard InChI is InChI=1S/C8H4F12/c1-2-4(10,3(9)5(11,12)13)6(14,7(15,16)17)8(18,19)20/h2-3H,1H2. The molecule has 0 saturated heterocycles. The highest BCUT2D eigenvalue weighted by Crippen LogP contribution is 2.57. The molecule has 0 aromatic heterocycles. The van der Waals surface area contributed by atoms with Crippen molar-refractivity contribution in [2.24, 2.45) is 0 Å². The highest BCUT2D eigenvalue weighted by molar-refractivity contribution is 5.22. The van der Waals surface area contributed by atoms with Crippen LogP contribution in [-0.4, -0.2) is 36.0 Å². The molecule has 12 heteroatoms. The molecule has 0 aliphatic carbocycles. The van der Waals surface area contributed by atoms with E-state index < -0.39 is 42.1 Å². The molecule has 0 spiro atoms. The van der Waals surface area contributed by atoms with Crippen LogP contribution in [0, 0.1) is 0 Å². The number of allylic oxidation sites excluding steroid dienone is 1. The molecule has 0 aromatic carbocycles. The first kappa shape index (κ1) is 18.9. The van der Waals surface area contributed by atoms with Gasteiger partial charge in [-0.2, -0.15) is 39.5 Å². The molecular weight excluding hydrogens is 324 g/mol. The average molecular weight is 328 g/mol. The van der Waals surface area contributed by atoms with Gasteiger partial charge in [-0.05, 0) is 6.08 Å². The Bertz CT molecular complexity index is 345. The van der Waals surface area contributed by atoms with Gasteiger partial charge in [-0.1, -0.05) is 6.58 Å². The molecule has 0 aliphatic heterocycles. The van der Waals surface area contributed by atoms with Crippen molar-refractivity contribution in [3.63, 3.8) is 0 Å². The predicted molar refractivity (Wildman–Crippen MR) is 40.9 cm³/mol. The van der Waals surface area contributed by atoms with Crippen molar-refractivity contribution < 1.29 is 52.7 Å². The van der Waals surface area contributed by atoms with Crippen molar-refractivity contribution in [3.05, 3.63) is 12.7 Å². The first-order valence-electron chi connectivity index (χ1n) is 4.32. The molecular formula is C8H4F12. The summed E-state index contributed by atoms with van der Waals surface area (Å²) in [6.07, 6.45) is -27.7. The van der Waals surface area contributed by atoms with Gasteiger partial charge >= 0.3 is 24.2 Å². The summed E-state index contributed by atoms with van der Waals surface area (Å²) in [5, 5.41) is 0. The number of hydrogen-bond acceptors (Lipinski definition) is 0. The summed E-state index contributed by atoms with van der Waals surface area (Å²) in [4.78, 5) is 0. The van der Waals surface area contributed by atoms with Crippen LogP contribution in [0.2, 0.25) is 0 Å². The second-order valence-electron chi connectivity index (χ2n) is 3.53. The lowest BCUT2D eigenvalue weighted by Crippen LogP contribution is -2.70. The van der Waals surface area contributed by atoms with Crippen molar-refractivity contribution >= 4 is 0 Å². The smallest absolute Gasteiger partial charge is 0.233 e. The molecule has 0 saturated carbocycles. The molecule has 0 amide bonds. The molecule has 0 fully saturated rings. The topological polar surface area (TPSA) is 0 Å². The van der Waals surface area contributed by atoms with Crippen LogP contribution in [0.3, 0.4) is 0 Å². The minimum atomic E-state index is -7.20. The lowest BCUT2D eigenvalue weighted by molar-refractivity contribution is -0.385. The van der Waals surface area contributed by atoms with E-state index in [4.69, 9.17) is 0 Å². The molecule has 0 radical (unpaired) electrons. The normalized spacial score (nSPS) is 19.4. The SMILES string of the molecule is C=CC(F)(C(F)C(F)(F)F)C(F)(C(F)(F)F)C(F)(F)F. The van der Waals surface area contributed by atoms with E-state index in [1.807, 2.05) is 6.58 Å². The molecule has 0 bridgehead atoms. The zero-order chi connectivity index (χ0) is 16.8. The molecule has 0 aliphatic rings. The Morgan fingerprint density at radius 3 is 1.15 bits per heavy atom.